The van der Waals surface area contributed by atoms with Crippen molar-refractivity contribution in [3.05, 3.63) is 83.3 Å². The van der Waals surface area contributed by atoms with Crippen LogP contribution in [-0.2, 0) is 21.2 Å². The van der Waals surface area contributed by atoms with Crippen LogP contribution in [0.2, 0.25) is 0 Å². The lowest BCUT2D eigenvalue weighted by Gasteiger charge is -2.11. The van der Waals surface area contributed by atoms with Crippen molar-refractivity contribution in [3.8, 4) is 11.5 Å². The highest BCUT2D eigenvalue weighted by Gasteiger charge is 2.25. The van der Waals surface area contributed by atoms with Crippen LogP contribution in [0, 0.1) is 20.8 Å². The van der Waals surface area contributed by atoms with Gasteiger partial charge in [-0.3, -0.25) is 4.98 Å². The Morgan fingerprint density at radius 1 is 0.919 bits per heavy atom. The molecule has 0 aliphatic heterocycles. The van der Waals surface area contributed by atoms with E-state index in [-0.39, 0.29) is 10.7 Å². The van der Waals surface area contributed by atoms with Gasteiger partial charge in [0.1, 0.15) is 30.5 Å². The maximum absolute atomic E-state index is 13.7. The molecule has 2 aromatic carbocycles. The number of hydrogen-bond acceptors (Lipinski definition) is 6. The predicted octanol–water partition coefficient (Wildman–Crippen LogP) is 5.57. The van der Waals surface area contributed by atoms with E-state index in [1.165, 1.54) is 3.97 Å². The Hall–Kier alpha value is -3.65. The topological polar surface area (TPSA) is 87.5 Å². The summed E-state index contributed by atoms with van der Waals surface area (Å²) < 4.78 is 40.5. The number of rotatable bonds is 11. The van der Waals surface area contributed by atoms with Crippen molar-refractivity contribution in [2.24, 2.45) is 0 Å². The second-order valence-electron chi connectivity index (χ2n) is 9.21. The Bertz CT molecular complexity index is 1520. The standard InChI is InChI=1S/C29H32N2O5S/c1-20-8-11-26(12-9-20)37(33,34)31-23(4)27(7-5-6-22(3)32)28-19-24(10-13-29(28)31)35-16-17-36-25-14-15-30-21(2)18-25/h8-15,18-19H,5-7,16-17H2,1-4H3. The van der Waals surface area contributed by atoms with Crippen molar-refractivity contribution >= 4 is 26.7 Å². The minimum Gasteiger partial charge on any atom is -0.490 e. The first-order valence-electron chi connectivity index (χ1n) is 12.3. The van der Waals surface area contributed by atoms with Gasteiger partial charge in [-0.1, -0.05) is 17.7 Å². The van der Waals surface area contributed by atoms with Crippen molar-refractivity contribution in [1.82, 2.24) is 8.96 Å². The van der Waals surface area contributed by atoms with Crippen molar-refractivity contribution in [2.75, 3.05) is 13.2 Å². The fourth-order valence-corrected chi connectivity index (χ4v) is 5.99. The highest BCUT2D eigenvalue weighted by Crippen LogP contribution is 2.33. The van der Waals surface area contributed by atoms with Crippen LogP contribution in [0.25, 0.3) is 10.9 Å². The first kappa shape index (κ1) is 26.4. The summed E-state index contributed by atoms with van der Waals surface area (Å²) in [7, 11) is -3.82. The summed E-state index contributed by atoms with van der Waals surface area (Å²) >= 11 is 0. The Morgan fingerprint density at radius 2 is 1.59 bits per heavy atom. The molecule has 4 aromatic rings. The number of aromatic nitrogens is 2. The van der Waals surface area contributed by atoms with Gasteiger partial charge in [-0.15, -0.1) is 0 Å². The largest absolute Gasteiger partial charge is 0.490 e. The first-order valence-corrected chi connectivity index (χ1v) is 13.7. The first-order chi connectivity index (χ1) is 17.7. The average molecular weight is 521 g/mol. The van der Waals surface area contributed by atoms with Crippen molar-refractivity contribution in [3.63, 3.8) is 0 Å². The van der Waals surface area contributed by atoms with Crippen LogP contribution in [-0.4, -0.2) is 36.4 Å². The quantitative estimate of drug-likeness (QED) is 0.240. The average Bonchev–Trinajstić information content (AvgIpc) is 3.13. The Balaban J connectivity index is 1.64. The molecule has 0 amide bonds. The van der Waals surface area contributed by atoms with Crippen LogP contribution in [0.4, 0.5) is 0 Å². The van der Waals surface area contributed by atoms with Gasteiger partial charge in [0, 0.05) is 35.5 Å². The lowest BCUT2D eigenvalue weighted by molar-refractivity contribution is -0.117. The lowest BCUT2D eigenvalue weighted by Crippen LogP contribution is -2.14. The molecule has 194 valence electrons. The van der Waals surface area contributed by atoms with Gasteiger partial charge in [-0.05, 0) is 82.5 Å². The molecule has 0 bridgehead atoms. The third-order valence-electron chi connectivity index (χ3n) is 6.26. The predicted molar refractivity (Wildman–Crippen MR) is 144 cm³/mol. The molecule has 0 spiro atoms. The maximum atomic E-state index is 13.7. The van der Waals surface area contributed by atoms with Gasteiger partial charge in [0.05, 0.1) is 10.4 Å². The van der Waals surface area contributed by atoms with E-state index in [1.54, 1.807) is 55.6 Å². The Labute approximate surface area is 218 Å². The summed E-state index contributed by atoms with van der Waals surface area (Å²) in [6.45, 7) is 7.89. The smallest absolute Gasteiger partial charge is 0.268 e. The molecule has 7 nitrogen and oxygen atoms in total. The van der Waals surface area contributed by atoms with E-state index in [4.69, 9.17) is 9.47 Å². The molecule has 0 saturated carbocycles. The van der Waals surface area contributed by atoms with Crippen molar-refractivity contribution in [1.29, 1.82) is 0 Å². The van der Waals surface area contributed by atoms with Gasteiger partial charge in [-0.25, -0.2) is 12.4 Å². The van der Waals surface area contributed by atoms with Gasteiger partial charge in [0.15, 0.2) is 0 Å². The van der Waals surface area contributed by atoms with Crippen LogP contribution in [0.3, 0.4) is 0 Å². The Morgan fingerprint density at radius 3 is 2.24 bits per heavy atom. The third kappa shape index (κ3) is 6.02. The monoisotopic (exact) mass is 520 g/mol. The number of ether oxygens (including phenoxy) is 2. The van der Waals surface area contributed by atoms with E-state index < -0.39 is 10.0 Å². The SMILES string of the molecule is CC(=O)CCCc1c(C)n(S(=O)(=O)c2ccc(C)cc2)c2ccc(OCCOc3ccnc(C)c3)cc12. The zero-order valence-corrected chi connectivity index (χ0v) is 22.5. The number of aryl methyl sites for hydroxylation is 3. The summed E-state index contributed by atoms with van der Waals surface area (Å²) in [4.78, 5) is 15.9. The number of ketones is 1. The summed E-state index contributed by atoms with van der Waals surface area (Å²) in [5.74, 6) is 1.47. The number of fused-ring (bicyclic) bond motifs is 1. The summed E-state index contributed by atoms with van der Waals surface area (Å²) in [5, 5.41) is 0.805. The number of carbonyl (C=O) groups is 1. The van der Waals surface area contributed by atoms with Gasteiger partial charge in [0.2, 0.25) is 0 Å². The third-order valence-corrected chi connectivity index (χ3v) is 8.08. The van der Waals surface area contributed by atoms with E-state index in [2.05, 4.69) is 4.98 Å². The molecule has 0 saturated heterocycles. The molecule has 0 unspecified atom stereocenters. The van der Waals surface area contributed by atoms with Crippen LogP contribution in [0.5, 0.6) is 11.5 Å². The van der Waals surface area contributed by atoms with Crippen LogP contribution >= 0.6 is 0 Å². The highest BCUT2D eigenvalue weighted by atomic mass is 32.2. The van der Waals surface area contributed by atoms with Gasteiger partial charge < -0.3 is 14.3 Å². The number of carbonyl (C=O) groups excluding carboxylic acids is 1. The van der Waals surface area contributed by atoms with E-state index in [0.29, 0.717) is 49.4 Å². The minimum absolute atomic E-state index is 0.113. The molecule has 0 N–H and O–H groups in total. The summed E-state index contributed by atoms with van der Waals surface area (Å²) in [6.07, 6.45) is 3.38. The molecule has 37 heavy (non-hydrogen) atoms. The molecular weight excluding hydrogens is 488 g/mol. The normalized spacial score (nSPS) is 11.6. The lowest BCUT2D eigenvalue weighted by atomic mass is 10.0. The number of pyridine rings is 1. The van der Waals surface area contributed by atoms with E-state index in [9.17, 15) is 13.2 Å². The number of Topliss-reactive ketones (excluding diaryl/α,β-unsaturated/α-hetero) is 1. The van der Waals surface area contributed by atoms with Crippen molar-refractivity contribution < 1.29 is 22.7 Å². The zero-order valence-electron chi connectivity index (χ0n) is 21.7. The molecule has 0 aliphatic rings. The van der Waals surface area contributed by atoms with Crippen molar-refractivity contribution in [2.45, 2.75) is 51.9 Å². The molecular formula is C29H32N2O5S. The second-order valence-corrected chi connectivity index (χ2v) is 11.0. The fourth-order valence-electron chi connectivity index (χ4n) is 4.41. The molecule has 4 rings (SSSR count). The molecule has 0 aliphatic carbocycles. The summed E-state index contributed by atoms with van der Waals surface area (Å²) in [5.41, 5.74) is 4.00. The fraction of sp³-hybridized carbons (Fsp3) is 0.310. The number of benzene rings is 2. The van der Waals surface area contributed by atoms with Gasteiger partial charge in [-0.2, -0.15) is 0 Å². The number of hydrogen-bond donors (Lipinski definition) is 0. The highest BCUT2D eigenvalue weighted by molar-refractivity contribution is 7.90. The van der Waals surface area contributed by atoms with Crippen LogP contribution < -0.4 is 9.47 Å². The van der Waals surface area contributed by atoms with Crippen LogP contribution in [0.1, 0.15) is 42.3 Å². The molecule has 2 aromatic heterocycles. The molecule has 0 fully saturated rings. The Kier molecular flexibility index (Phi) is 7.97. The minimum atomic E-state index is -3.82. The van der Waals surface area contributed by atoms with E-state index >= 15 is 0 Å². The summed E-state index contributed by atoms with van der Waals surface area (Å²) in [6, 6.07) is 15.9. The molecule has 2 heterocycles. The van der Waals surface area contributed by atoms with Gasteiger partial charge in [0.25, 0.3) is 10.0 Å². The van der Waals surface area contributed by atoms with Crippen LogP contribution in [0.15, 0.2) is 65.7 Å². The molecule has 0 radical (unpaired) electrons. The second kappa shape index (κ2) is 11.2. The maximum Gasteiger partial charge on any atom is 0.268 e. The molecule has 0 atom stereocenters. The number of nitrogens with zero attached hydrogens (tertiary/aromatic N) is 2. The molecule has 8 heteroatoms. The van der Waals surface area contributed by atoms with E-state index in [1.807, 2.05) is 32.9 Å². The van der Waals surface area contributed by atoms with E-state index in [0.717, 1.165) is 28.0 Å². The van der Waals surface area contributed by atoms with Gasteiger partial charge >= 0.3 is 0 Å². The zero-order chi connectivity index (χ0) is 26.6.